The number of hydrogen-bond acceptors (Lipinski definition) is 2. The number of hydrogen-bond donors (Lipinski definition) is 0. The first-order chi connectivity index (χ1) is 5.90. The molecule has 0 aliphatic heterocycles. The van der Waals surface area contributed by atoms with E-state index >= 15 is 0 Å². The minimum absolute atomic E-state index is 0.308. The zero-order valence-electron chi connectivity index (χ0n) is 7.25. The molecule has 5 heteroatoms. The third kappa shape index (κ3) is 3.12. The van der Waals surface area contributed by atoms with Crippen LogP contribution in [0.5, 0.6) is 5.75 Å². The van der Waals surface area contributed by atoms with Crippen LogP contribution in [0.4, 0.5) is 4.20 Å². The van der Waals surface area contributed by atoms with Gasteiger partial charge in [-0.05, 0) is 31.0 Å². The van der Waals surface area contributed by atoms with E-state index in [2.05, 4.69) is 20.0 Å². The summed E-state index contributed by atoms with van der Waals surface area (Å²) in [4.78, 5) is 0. The third-order valence-corrected chi connectivity index (χ3v) is 2.60. The van der Waals surface area contributed by atoms with Gasteiger partial charge in [0.2, 0.25) is 0 Å². The predicted octanol–water partition coefficient (Wildman–Crippen LogP) is 4.15. The first-order valence-corrected chi connectivity index (χ1v) is 7.19. The molecule has 0 N–H and O–H groups in total. The number of aryl methyl sites for hydroxylation is 1. The highest BCUT2D eigenvalue weighted by molar-refractivity contribution is 9.39. The van der Waals surface area contributed by atoms with Gasteiger partial charge in [0.25, 0.3) is 0 Å². The third-order valence-electron chi connectivity index (χ3n) is 1.76. The topological polar surface area (TPSA) is 26.3 Å². The summed E-state index contributed by atoms with van der Waals surface area (Å²) < 4.78 is 27.9. The van der Waals surface area contributed by atoms with Crippen molar-refractivity contribution in [2.75, 3.05) is 0 Å². The Bertz CT molecular complexity index is 361. The van der Waals surface area contributed by atoms with E-state index < -0.39 is 6.38 Å². The predicted molar refractivity (Wildman–Crippen MR) is 54.2 cm³/mol. The summed E-state index contributed by atoms with van der Waals surface area (Å²) in [6.45, 7) is 3.66. The molecular formula is C8H9BrFO2P. The first-order valence-electron chi connectivity index (χ1n) is 3.65. The quantitative estimate of drug-likeness (QED) is 0.752. The molecule has 1 aromatic carbocycles. The summed E-state index contributed by atoms with van der Waals surface area (Å²) in [5.41, 5.74) is 1.76. The molecule has 0 saturated heterocycles. The van der Waals surface area contributed by atoms with Crippen molar-refractivity contribution in [3.8, 4) is 5.75 Å². The highest BCUT2D eigenvalue weighted by atomic mass is 79.9. The number of halogens is 2. The molecule has 0 spiro atoms. The summed E-state index contributed by atoms with van der Waals surface area (Å²) in [5, 5.41) is 0. The second-order valence-electron chi connectivity index (χ2n) is 2.70. The van der Waals surface area contributed by atoms with Gasteiger partial charge in [0, 0.05) is 0 Å². The largest absolute Gasteiger partial charge is 0.483 e. The van der Waals surface area contributed by atoms with E-state index in [-0.39, 0.29) is 0 Å². The number of benzene rings is 1. The van der Waals surface area contributed by atoms with Crippen LogP contribution >= 0.6 is 21.9 Å². The van der Waals surface area contributed by atoms with Crippen LogP contribution < -0.4 is 4.52 Å². The average molecular weight is 267 g/mol. The van der Waals surface area contributed by atoms with E-state index in [4.69, 9.17) is 0 Å². The van der Waals surface area contributed by atoms with Crippen LogP contribution in [-0.2, 0) is 4.57 Å². The normalized spacial score (nSPS) is 15.1. The van der Waals surface area contributed by atoms with Crippen LogP contribution in [0.25, 0.3) is 0 Å². The Labute approximate surface area is 84.4 Å². The molecule has 0 aliphatic carbocycles. The molecule has 0 aliphatic rings. The maximum absolute atomic E-state index is 12.6. The van der Waals surface area contributed by atoms with Crippen molar-refractivity contribution < 1.29 is 13.3 Å². The Morgan fingerprint density at radius 1 is 1.46 bits per heavy atom. The SMILES string of the molecule is Cc1cccc(OP(=O)(F)Br)c1C. The molecule has 1 rings (SSSR count). The minimum Gasteiger partial charge on any atom is -0.414 e. The van der Waals surface area contributed by atoms with Crippen molar-refractivity contribution in [1.82, 2.24) is 0 Å². The van der Waals surface area contributed by atoms with Gasteiger partial charge < -0.3 is 4.52 Å². The van der Waals surface area contributed by atoms with Crippen molar-refractivity contribution in [3.05, 3.63) is 29.3 Å². The molecule has 1 unspecified atom stereocenters. The van der Waals surface area contributed by atoms with Crippen molar-refractivity contribution in [2.24, 2.45) is 0 Å². The maximum Gasteiger partial charge on any atom is 0.483 e. The van der Waals surface area contributed by atoms with Crippen LogP contribution in [0.15, 0.2) is 18.2 Å². The molecule has 0 saturated carbocycles. The van der Waals surface area contributed by atoms with Gasteiger partial charge in [0.15, 0.2) is 0 Å². The lowest BCUT2D eigenvalue weighted by Gasteiger charge is -2.09. The lowest BCUT2D eigenvalue weighted by molar-refractivity contribution is 0.456. The molecule has 2 nitrogen and oxygen atoms in total. The first kappa shape index (κ1) is 10.7. The zero-order valence-corrected chi connectivity index (χ0v) is 9.73. The van der Waals surface area contributed by atoms with Crippen LogP contribution in [0, 0.1) is 13.8 Å². The van der Waals surface area contributed by atoms with E-state index in [0.717, 1.165) is 11.1 Å². The summed E-state index contributed by atoms with van der Waals surface area (Å²) in [6, 6.07) is 5.18. The molecule has 0 fully saturated rings. The van der Waals surface area contributed by atoms with Crippen LogP contribution in [0.3, 0.4) is 0 Å². The molecule has 0 aromatic heterocycles. The van der Waals surface area contributed by atoms with Gasteiger partial charge in [-0.1, -0.05) is 12.1 Å². The summed E-state index contributed by atoms with van der Waals surface area (Å²) in [6.07, 6.45) is -4.12. The van der Waals surface area contributed by atoms with Crippen molar-refractivity contribution in [3.63, 3.8) is 0 Å². The number of rotatable bonds is 2. The summed E-state index contributed by atoms with van der Waals surface area (Å²) in [7, 11) is 0. The fraction of sp³-hybridized carbons (Fsp3) is 0.250. The fourth-order valence-electron chi connectivity index (χ4n) is 0.938. The highest BCUT2D eigenvalue weighted by Crippen LogP contribution is 2.56. The van der Waals surface area contributed by atoms with Gasteiger partial charge in [-0.25, -0.2) is 4.57 Å². The molecule has 13 heavy (non-hydrogen) atoms. The van der Waals surface area contributed by atoms with E-state index in [1.807, 2.05) is 13.0 Å². The molecule has 1 atom stereocenters. The second kappa shape index (κ2) is 3.81. The summed E-state index contributed by atoms with van der Waals surface area (Å²) >= 11 is 2.34. The van der Waals surface area contributed by atoms with Crippen molar-refractivity contribution >= 4 is 21.9 Å². The zero-order chi connectivity index (χ0) is 10.1. The van der Waals surface area contributed by atoms with Gasteiger partial charge in [0.1, 0.15) is 5.75 Å². The molecule has 0 amide bonds. The van der Waals surface area contributed by atoms with E-state index in [0.29, 0.717) is 5.75 Å². The van der Waals surface area contributed by atoms with Gasteiger partial charge in [0.05, 0.1) is 15.5 Å². The molecule has 0 heterocycles. The Hall–Kier alpha value is -0.340. The van der Waals surface area contributed by atoms with Gasteiger partial charge in [-0.15, -0.1) is 4.20 Å². The van der Waals surface area contributed by atoms with E-state index in [1.165, 1.54) is 0 Å². The Morgan fingerprint density at radius 2 is 2.08 bits per heavy atom. The average Bonchev–Trinajstić information content (AvgIpc) is 1.96. The van der Waals surface area contributed by atoms with Crippen molar-refractivity contribution in [2.45, 2.75) is 13.8 Å². The molecule has 0 bridgehead atoms. The van der Waals surface area contributed by atoms with Gasteiger partial charge >= 0.3 is 6.38 Å². The lowest BCUT2D eigenvalue weighted by atomic mass is 10.1. The molecule has 72 valence electrons. The van der Waals surface area contributed by atoms with Gasteiger partial charge in [-0.3, -0.25) is 0 Å². The van der Waals surface area contributed by atoms with E-state index in [1.54, 1.807) is 19.1 Å². The maximum atomic E-state index is 12.6. The van der Waals surface area contributed by atoms with E-state index in [9.17, 15) is 8.76 Å². The molecular weight excluding hydrogens is 258 g/mol. The van der Waals surface area contributed by atoms with Gasteiger partial charge in [-0.2, -0.15) is 0 Å². The smallest absolute Gasteiger partial charge is 0.414 e. The monoisotopic (exact) mass is 266 g/mol. The van der Waals surface area contributed by atoms with Crippen LogP contribution in [0.2, 0.25) is 0 Å². The Balaban J connectivity index is 3.03. The Morgan fingerprint density at radius 3 is 2.62 bits per heavy atom. The standard InChI is InChI=1S/C8H9BrFO2P/c1-6-4-3-5-8(7(6)2)12-13(9,10)11/h3-5H,1-2H3. The van der Waals surface area contributed by atoms with Crippen LogP contribution in [-0.4, -0.2) is 0 Å². The minimum atomic E-state index is -4.12. The van der Waals surface area contributed by atoms with Crippen molar-refractivity contribution in [1.29, 1.82) is 0 Å². The molecule has 1 aromatic rings. The fourth-order valence-corrected chi connectivity index (χ4v) is 1.83. The Kier molecular flexibility index (Phi) is 3.14. The highest BCUT2D eigenvalue weighted by Gasteiger charge is 2.19. The lowest BCUT2D eigenvalue weighted by Crippen LogP contribution is -1.88. The molecule has 0 radical (unpaired) electrons. The second-order valence-corrected chi connectivity index (χ2v) is 6.26. The van der Waals surface area contributed by atoms with Crippen LogP contribution in [0.1, 0.15) is 11.1 Å². The summed E-state index contributed by atoms with van der Waals surface area (Å²) in [5.74, 6) is 0.308.